The predicted octanol–water partition coefficient (Wildman–Crippen LogP) is 2.89. The number of nitrogens with zero attached hydrogens (tertiary/aromatic N) is 1. The van der Waals surface area contributed by atoms with Crippen LogP contribution in [0, 0.1) is 12.3 Å². The van der Waals surface area contributed by atoms with E-state index in [1.165, 1.54) is 11.8 Å². The van der Waals surface area contributed by atoms with Crippen LogP contribution in [-0.4, -0.2) is 24.0 Å². The van der Waals surface area contributed by atoms with Crippen LogP contribution < -0.4 is 9.64 Å². The number of ketones is 1. The molecular weight excluding hydrogens is 318 g/mol. The Labute approximate surface area is 145 Å². The van der Waals surface area contributed by atoms with E-state index in [-0.39, 0.29) is 5.78 Å². The number of carbonyl (C=O) groups is 2. The van der Waals surface area contributed by atoms with Crippen molar-refractivity contribution in [3.8, 4) is 18.1 Å². The van der Waals surface area contributed by atoms with Gasteiger partial charge in [-0.3, -0.25) is 9.69 Å². The fourth-order valence-corrected chi connectivity index (χ4v) is 3.44. The number of benzene rings is 2. The van der Waals surface area contributed by atoms with Crippen LogP contribution in [0.1, 0.15) is 12.5 Å². The zero-order chi connectivity index (χ0) is 17.6. The lowest BCUT2D eigenvalue weighted by Crippen LogP contribution is -2.50. The lowest BCUT2D eigenvalue weighted by Gasteiger charge is -2.33. The molecule has 3 unspecified atom stereocenters. The topological polar surface area (TPSA) is 59.1 Å². The fraction of sp³-hybridized carbons (Fsp3) is 0.200. The average molecular weight is 333 g/mol. The third-order valence-corrected chi connectivity index (χ3v) is 4.62. The summed E-state index contributed by atoms with van der Waals surface area (Å²) in [6.45, 7) is 1.47. The molecule has 5 heteroatoms. The van der Waals surface area contributed by atoms with E-state index in [4.69, 9.17) is 15.9 Å². The highest BCUT2D eigenvalue weighted by atomic mass is 16.6. The summed E-state index contributed by atoms with van der Waals surface area (Å²) in [4.78, 5) is 26.4. The van der Waals surface area contributed by atoms with Gasteiger partial charge in [-0.2, -0.15) is 0 Å². The van der Waals surface area contributed by atoms with Crippen molar-refractivity contribution in [2.45, 2.75) is 24.7 Å². The number of rotatable bonds is 2. The summed E-state index contributed by atoms with van der Waals surface area (Å²) >= 11 is 0. The van der Waals surface area contributed by atoms with Gasteiger partial charge in [-0.05, 0) is 25.1 Å². The molecule has 2 aliphatic rings. The molecule has 0 N–H and O–H groups in total. The Morgan fingerprint density at radius 2 is 1.84 bits per heavy atom. The number of anilines is 1. The number of carbonyl (C=O) groups excluding carboxylic acids is 2. The first kappa shape index (κ1) is 15.4. The van der Waals surface area contributed by atoms with Gasteiger partial charge in [0.05, 0.1) is 5.69 Å². The first-order valence-corrected chi connectivity index (χ1v) is 7.90. The molecule has 0 aromatic heterocycles. The second-order valence-electron chi connectivity index (χ2n) is 6.01. The second-order valence-corrected chi connectivity index (χ2v) is 6.01. The van der Waals surface area contributed by atoms with Crippen molar-refractivity contribution in [1.29, 1.82) is 0 Å². The van der Waals surface area contributed by atoms with Crippen molar-refractivity contribution < 1.29 is 19.1 Å². The van der Waals surface area contributed by atoms with E-state index < -0.39 is 23.8 Å². The van der Waals surface area contributed by atoms with Crippen LogP contribution in [0.2, 0.25) is 0 Å². The molecule has 1 fully saturated rings. The molecule has 2 aromatic rings. The van der Waals surface area contributed by atoms with Crippen LogP contribution in [0.15, 0.2) is 54.6 Å². The maximum absolute atomic E-state index is 12.8. The average Bonchev–Trinajstić information content (AvgIpc) is 3.38. The molecule has 4 rings (SSSR count). The molecule has 2 heterocycles. The number of hydrogen-bond acceptors (Lipinski definition) is 4. The van der Waals surface area contributed by atoms with Crippen LogP contribution in [0.4, 0.5) is 10.5 Å². The van der Waals surface area contributed by atoms with Crippen molar-refractivity contribution in [3.63, 3.8) is 0 Å². The summed E-state index contributed by atoms with van der Waals surface area (Å²) in [6, 6.07) is 15.2. The molecule has 0 saturated carbocycles. The van der Waals surface area contributed by atoms with Gasteiger partial charge < -0.3 is 9.47 Å². The molecule has 5 nitrogen and oxygen atoms in total. The summed E-state index contributed by atoms with van der Waals surface area (Å²) in [6.07, 6.45) is 4.50. The SMILES string of the molecule is C#CC1C2OC2(C(C)=O)c2ccccc2N1C(=O)Oc1ccccc1. The highest BCUT2D eigenvalue weighted by Gasteiger charge is 2.70. The molecule has 25 heavy (non-hydrogen) atoms. The first-order chi connectivity index (χ1) is 12.1. The van der Waals surface area contributed by atoms with Gasteiger partial charge in [-0.25, -0.2) is 4.79 Å². The fourth-order valence-electron chi connectivity index (χ4n) is 3.44. The first-order valence-electron chi connectivity index (χ1n) is 7.90. The smallest absolute Gasteiger partial charge is 0.410 e. The number of fused-ring (bicyclic) bond motifs is 3. The highest BCUT2D eigenvalue weighted by Crippen LogP contribution is 2.56. The van der Waals surface area contributed by atoms with Crippen LogP contribution in [0.5, 0.6) is 5.75 Å². The minimum Gasteiger partial charge on any atom is -0.410 e. The maximum Gasteiger partial charge on any atom is 0.420 e. The zero-order valence-electron chi connectivity index (χ0n) is 13.5. The molecule has 0 aliphatic carbocycles. The summed E-state index contributed by atoms with van der Waals surface area (Å²) in [5.74, 6) is 2.87. The third kappa shape index (κ3) is 2.15. The molecule has 1 amide bonds. The molecule has 1 saturated heterocycles. The molecule has 124 valence electrons. The summed E-state index contributed by atoms with van der Waals surface area (Å²) < 4.78 is 11.2. The Hall–Kier alpha value is -3.10. The van der Waals surface area contributed by atoms with Gasteiger partial charge in [0.2, 0.25) is 0 Å². The number of hydrogen-bond donors (Lipinski definition) is 0. The molecule has 0 bridgehead atoms. The van der Waals surface area contributed by atoms with Crippen molar-refractivity contribution in [2.24, 2.45) is 0 Å². The van der Waals surface area contributed by atoms with E-state index in [0.29, 0.717) is 17.0 Å². The lowest BCUT2D eigenvalue weighted by molar-refractivity contribution is -0.122. The van der Waals surface area contributed by atoms with Crippen LogP contribution in [0.25, 0.3) is 0 Å². The molecule has 2 aliphatic heterocycles. The molecule has 0 spiro atoms. The Morgan fingerprint density at radius 3 is 2.52 bits per heavy atom. The molecule has 3 atom stereocenters. The molecule has 2 aromatic carbocycles. The molecular formula is C20H15NO4. The minimum absolute atomic E-state index is 0.124. The third-order valence-electron chi connectivity index (χ3n) is 4.62. The quantitative estimate of drug-likeness (QED) is 0.626. The summed E-state index contributed by atoms with van der Waals surface area (Å²) in [5.41, 5.74) is 0.122. The Morgan fingerprint density at radius 1 is 1.16 bits per heavy atom. The van der Waals surface area contributed by atoms with E-state index in [9.17, 15) is 9.59 Å². The zero-order valence-corrected chi connectivity index (χ0v) is 13.5. The summed E-state index contributed by atoms with van der Waals surface area (Å²) in [5, 5.41) is 0. The minimum atomic E-state index is -1.06. The maximum atomic E-state index is 12.8. The van der Waals surface area contributed by atoms with E-state index in [0.717, 1.165) is 0 Å². The molecule has 0 radical (unpaired) electrons. The number of amides is 1. The second kappa shape index (κ2) is 5.47. The number of para-hydroxylation sites is 2. The Balaban J connectivity index is 1.77. The van der Waals surface area contributed by atoms with Crippen molar-refractivity contribution in [2.75, 3.05) is 4.90 Å². The summed E-state index contributed by atoms with van der Waals surface area (Å²) in [7, 11) is 0. The van der Waals surface area contributed by atoms with Gasteiger partial charge in [0.25, 0.3) is 0 Å². The monoisotopic (exact) mass is 333 g/mol. The Bertz CT molecular complexity index is 901. The van der Waals surface area contributed by atoms with E-state index in [1.807, 2.05) is 6.07 Å². The Kier molecular flexibility index (Phi) is 3.38. The number of epoxide rings is 1. The van der Waals surface area contributed by atoms with Gasteiger partial charge >= 0.3 is 6.09 Å². The van der Waals surface area contributed by atoms with E-state index in [2.05, 4.69) is 5.92 Å². The van der Waals surface area contributed by atoms with Gasteiger partial charge in [0, 0.05) is 5.56 Å². The standard InChI is InChI=1S/C20H15NO4/c1-3-16-18-20(25-18,13(2)22)15-11-7-8-12-17(15)21(16)19(23)24-14-9-5-4-6-10-14/h1,4-12,16,18H,2H3. The van der Waals surface area contributed by atoms with Gasteiger partial charge in [-0.1, -0.05) is 42.3 Å². The van der Waals surface area contributed by atoms with Crippen molar-refractivity contribution >= 4 is 17.6 Å². The number of terminal acetylenes is 1. The normalized spacial score (nSPS) is 26.0. The highest BCUT2D eigenvalue weighted by molar-refractivity contribution is 5.99. The van der Waals surface area contributed by atoms with Gasteiger partial charge in [-0.15, -0.1) is 6.42 Å². The lowest BCUT2D eigenvalue weighted by atomic mass is 9.83. The van der Waals surface area contributed by atoms with Gasteiger partial charge in [0.1, 0.15) is 17.9 Å². The van der Waals surface area contributed by atoms with E-state index >= 15 is 0 Å². The van der Waals surface area contributed by atoms with Crippen molar-refractivity contribution in [1.82, 2.24) is 0 Å². The predicted molar refractivity (Wildman–Crippen MR) is 91.2 cm³/mol. The van der Waals surface area contributed by atoms with Crippen LogP contribution >= 0.6 is 0 Å². The van der Waals surface area contributed by atoms with Gasteiger partial charge in [0.15, 0.2) is 11.4 Å². The van der Waals surface area contributed by atoms with Crippen LogP contribution in [0.3, 0.4) is 0 Å². The number of ether oxygens (including phenoxy) is 2. The van der Waals surface area contributed by atoms with Crippen LogP contribution in [-0.2, 0) is 15.1 Å². The number of Topliss-reactive ketones (excluding diaryl/α,β-unsaturated/α-hetero) is 1. The van der Waals surface area contributed by atoms with Crippen molar-refractivity contribution in [3.05, 3.63) is 60.2 Å². The largest absolute Gasteiger partial charge is 0.420 e. The van der Waals surface area contributed by atoms with E-state index in [1.54, 1.807) is 48.5 Å².